The molecular weight excluding hydrogens is 348 g/mol. The summed E-state index contributed by atoms with van der Waals surface area (Å²) in [5.41, 5.74) is 2.67. The highest BCUT2D eigenvalue weighted by Gasteiger charge is 2.14. The molecule has 1 heterocycles. The van der Waals surface area contributed by atoms with Crippen molar-refractivity contribution in [3.8, 4) is 17.4 Å². The molecule has 1 N–H and O–H groups in total. The number of hydrogen-bond donors (Lipinski definition) is 1. The maximum absolute atomic E-state index is 10.1. The summed E-state index contributed by atoms with van der Waals surface area (Å²) in [6.45, 7) is 1.89. The molecule has 0 amide bonds. The number of benzene rings is 3. The Hall–Kier alpha value is -3.11. The first-order valence-electron chi connectivity index (χ1n) is 8.10. The molecule has 0 aliphatic rings. The predicted molar refractivity (Wildman–Crippen MR) is 105 cm³/mol. The minimum Gasteiger partial charge on any atom is -0.479 e. The van der Waals surface area contributed by atoms with Crippen LogP contribution in [0.3, 0.4) is 0 Å². The fourth-order valence-corrected chi connectivity index (χ4v) is 2.97. The Morgan fingerprint density at radius 2 is 1.81 bits per heavy atom. The Balaban J connectivity index is 1.74. The summed E-state index contributed by atoms with van der Waals surface area (Å²) in [4.78, 5) is 8.77. The molecule has 5 heteroatoms. The average molecular weight is 363 g/mol. The molecule has 0 radical (unpaired) electrons. The molecule has 0 spiro atoms. The van der Waals surface area contributed by atoms with Crippen molar-refractivity contribution >= 4 is 34.3 Å². The van der Waals surface area contributed by atoms with Crippen molar-refractivity contribution in [2.75, 3.05) is 0 Å². The third-order valence-electron chi connectivity index (χ3n) is 4.22. The van der Waals surface area contributed by atoms with Crippen LogP contribution in [0.5, 0.6) is 5.95 Å². The van der Waals surface area contributed by atoms with Gasteiger partial charge in [0, 0.05) is 10.6 Å². The third kappa shape index (κ3) is 2.95. The lowest BCUT2D eigenvalue weighted by molar-refractivity contribution is 0.337. The van der Waals surface area contributed by atoms with E-state index < -0.39 is 0 Å². The first-order chi connectivity index (χ1) is 12.6. The van der Waals surface area contributed by atoms with Gasteiger partial charge in [-0.25, -0.2) is 4.98 Å². The minimum absolute atomic E-state index is 0.267. The molecule has 0 saturated carbocycles. The molecule has 26 heavy (non-hydrogen) atoms. The zero-order chi connectivity index (χ0) is 18.1. The summed E-state index contributed by atoms with van der Waals surface area (Å²) >= 11 is 6.11. The highest BCUT2D eigenvalue weighted by molar-refractivity contribution is 6.31. The van der Waals surface area contributed by atoms with Crippen molar-refractivity contribution in [3.63, 3.8) is 0 Å². The summed E-state index contributed by atoms with van der Waals surface area (Å²) in [6.07, 6.45) is 1.48. The second-order valence-corrected chi connectivity index (χ2v) is 6.29. The second-order valence-electron chi connectivity index (χ2n) is 5.88. The van der Waals surface area contributed by atoms with Crippen molar-refractivity contribution < 1.29 is 9.52 Å². The highest BCUT2D eigenvalue weighted by atomic mass is 35.5. The van der Waals surface area contributed by atoms with Crippen molar-refractivity contribution in [1.29, 1.82) is 0 Å². The van der Waals surface area contributed by atoms with Crippen LogP contribution in [-0.4, -0.2) is 16.3 Å². The van der Waals surface area contributed by atoms with E-state index in [1.807, 2.05) is 67.6 Å². The quantitative estimate of drug-likeness (QED) is 0.460. The number of aliphatic imine (C=N–C) groups is 1. The van der Waals surface area contributed by atoms with E-state index in [-0.39, 0.29) is 11.6 Å². The molecule has 4 nitrogen and oxygen atoms in total. The first kappa shape index (κ1) is 16.4. The van der Waals surface area contributed by atoms with Gasteiger partial charge in [0.1, 0.15) is 0 Å². The van der Waals surface area contributed by atoms with Crippen LogP contribution in [0.15, 0.2) is 70.1 Å². The van der Waals surface area contributed by atoms with Gasteiger partial charge in [-0.2, -0.15) is 0 Å². The van der Waals surface area contributed by atoms with Crippen LogP contribution in [0.4, 0.5) is 5.69 Å². The molecule has 128 valence electrons. The number of nitrogens with zero attached hydrogens (tertiary/aromatic N) is 2. The molecule has 0 unspecified atom stereocenters. The zero-order valence-electron chi connectivity index (χ0n) is 14.0. The normalized spacial score (nSPS) is 11.5. The largest absolute Gasteiger partial charge is 0.479 e. The van der Waals surface area contributed by atoms with Crippen LogP contribution >= 0.6 is 11.6 Å². The van der Waals surface area contributed by atoms with Gasteiger partial charge in [0.05, 0.1) is 11.9 Å². The molecule has 0 aliphatic carbocycles. The topological polar surface area (TPSA) is 58.6 Å². The minimum atomic E-state index is -0.267. The van der Waals surface area contributed by atoms with Crippen molar-refractivity contribution in [3.05, 3.63) is 76.9 Å². The van der Waals surface area contributed by atoms with Gasteiger partial charge in [0.2, 0.25) is 5.89 Å². The van der Waals surface area contributed by atoms with Gasteiger partial charge in [-0.1, -0.05) is 54.1 Å². The summed E-state index contributed by atoms with van der Waals surface area (Å²) in [5.74, 6) is 0.0833. The lowest BCUT2D eigenvalue weighted by atomic mass is 10.0. The van der Waals surface area contributed by atoms with Crippen LogP contribution in [-0.2, 0) is 0 Å². The standard InChI is InChI=1S/C21H15ClN2O2/c1-13-17(22)10-5-11-18(13)23-12-19-21(25)26-20(24-19)16-9-4-7-14-6-2-3-8-15(14)16/h2-12,25H,1H3. The Labute approximate surface area is 155 Å². The highest BCUT2D eigenvalue weighted by Crippen LogP contribution is 2.32. The number of hydrogen-bond acceptors (Lipinski definition) is 4. The number of aromatic nitrogens is 1. The molecular formula is C21H15ClN2O2. The van der Waals surface area contributed by atoms with E-state index >= 15 is 0 Å². The molecule has 3 aromatic carbocycles. The summed E-state index contributed by atoms with van der Waals surface area (Å²) in [7, 11) is 0. The van der Waals surface area contributed by atoms with Gasteiger partial charge in [-0.3, -0.25) is 4.99 Å². The van der Waals surface area contributed by atoms with Crippen LogP contribution in [0.25, 0.3) is 22.2 Å². The van der Waals surface area contributed by atoms with Crippen LogP contribution in [0, 0.1) is 6.92 Å². The van der Waals surface area contributed by atoms with E-state index in [9.17, 15) is 5.11 Å². The second kappa shape index (κ2) is 6.65. The Kier molecular flexibility index (Phi) is 4.19. The lowest BCUT2D eigenvalue weighted by Crippen LogP contribution is -1.85. The molecule has 1 aromatic heterocycles. The van der Waals surface area contributed by atoms with E-state index in [2.05, 4.69) is 9.98 Å². The molecule has 0 fully saturated rings. The van der Waals surface area contributed by atoms with Gasteiger partial charge in [-0.05, 0) is 41.5 Å². The lowest BCUT2D eigenvalue weighted by Gasteiger charge is -2.01. The molecule has 0 bridgehead atoms. The zero-order valence-corrected chi connectivity index (χ0v) is 14.7. The van der Waals surface area contributed by atoms with Crippen molar-refractivity contribution in [1.82, 2.24) is 4.98 Å². The summed E-state index contributed by atoms with van der Waals surface area (Å²) in [5, 5.41) is 12.8. The smallest absolute Gasteiger partial charge is 0.312 e. The molecule has 0 atom stereocenters. The number of halogens is 1. The van der Waals surface area contributed by atoms with Gasteiger partial charge in [-0.15, -0.1) is 0 Å². The summed E-state index contributed by atoms with van der Waals surface area (Å²) in [6, 6.07) is 19.3. The van der Waals surface area contributed by atoms with Gasteiger partial charge in [0.25, 0.3) is 0 Å². The monoisotopic (exact) mass is 362 g/mol. The molecule has 4 rings (SSSR count). The number of rotatable bonds is 3. The molecule has 0 aliphatic heterocycles. The van der Waals surface area contributed by atoms with E-state index in [0.29, 0.717) is 16.6 Å². The Morgan fingerprint density at radius 1 is 1.04 bits per heavy atom. The van der Waals surface area contributed by atoms with Crippen LogP contribution < -0.4 is 0 Å². The molecule has 0 saturated heterocycles. The van der Waals surface area contributed by atoms with Crippen molar-refractivity contribution in [2.45, 2.75) is 6.92 Å². The van der Waals surface area contributed by atoms with Crippen LogP contribution in [0.2, 0.25) is 5.02 Å². The number of fused-ring (bicyclic) bond motifs is 1. The van der Waals surface area contributed by atoms with E-state index in [1.165, 1.54) is 6.21 Å². The van der Waals surface area contributed by atoms with E-state index in [4.69, 9.17) is 16.0 Å². The number of aromatic hydroxyl groups is 1. The van der Waals surface area contributed by atoms with E-state index in [0.717, 1.165) is 21.9 Å². The number of oxazole rings is 1. The van der Waals surface area contributed by atoms with Gasteiger partial charge in [0.15, 0.2) is 5.69 Å². The van der Waals surface area contributed by atoms with Crippen molar-refractivity contribution in [2.24, 2.45) is 4.99 Å². The third-order valence-corrected chi connectivity index (χ3v) is 4.63. The Bertz CT molecular complexity index is 1130. The SMILES string of the molecule is Cc1c(Cl)cccc1N=Cc1nc(-c2cccc3ccccc23)oc1O. The predicted octanol–water partition coefficient (Wildman–Crippen LogP) is 5.91. The van der Waals surface area contributed by atoms with Gasteiger partial charge >= 0.3 is 5.95 Å². The van der Waals surface area contributed by atoms with Crippen LogP contribution in [0.1, 0.15) is 11.3 Å². The first-order valence-corrected chi connectivity index (χ1v) is 8.48. The maximum atomic E-state index is 10.1. The Morgan fingerprint density at radius 3 is 2.69 bits per heavy atom. The van der Waals surface area contributed by atoms with Gasteiger partial charge < -0.3 is 9.52 Å². The fraction of sp³-hybridized carbons (Fsp3) is 0.0476. The fourth-order valence-electron chi connectivity index (χ4n) is 2.80. The average Bonchev–Trinajstić information content (AvgIpc) is 3.03. The summed E-state index contributed by atoms with van der Waals surface area (Å²) < 4.78 is 5.48. The molecule has 4 aromatic rings. The van der Waals surface area contributed by atoms with E-state index in [1.54, 1.807) is 0 Å². The maximum Gasteiger partial charge on any atom is 0.312 e.